The third kappa shape index (κ3) is 3.17. The fourth-order valence-corrected chi connectivity index (χ4v) is 2.06. The molecule has 1 saturated heterocycles. The van der Waals surface area contributed by atoms with Crippen LogP contribution in [0.25, 0.3) is 0 Å². The molecule has 1 aliphatic rings. The number of halogens is 1. The zero-order chi connectivity index (χ0) is 14.0. The maximum atomic E-state index is 9.83. The highest BCUT2D eigenvalue weighted by Crippen LogP contribution is 2.23. The molecule has 7 heteroatoms. The van der Waals surface area contributed by atoms with Crippen LogP contribution in [-0.4, -0.2) is 57.7 Å². The first kappa shape index (κ1) is 14.5. The Morgan fingerprint density at radius 3 is 2.26 bits per heavy atom. The molecule has 5 N–H and O–H groups in total. The van der Waals surface area contributed by atoms with Gasteiger partial charge in [0, 0.05) is 10.7 Å². The number of aliphatic hydroxyl groups is 4. The normalized spacial score (nSPS) is 35.1. The highest BCUT2D eigenvalue weighted by Gasteiger charge is 2.43. The predicted octanol–water partition coefficient (Wildman–Crippen LogP) is -0.448. The van der Waals surface area contributed by atoms with Gasteiger partial charge in [0.2, 0.25) is 0 Å². The van der Waals surface area contributed by atoms with Crippen LogP contribution in [0, 0.1) is 0 Å². The van der Waals surface area contributed by atoms with E-state index in [-0.39, 0.29) is 0 Å². The largest absolute Gasteiger partial charge is 0.394 e. The molecule has 0 bridgehead atoms. The number of rotatable bonds is 3. The average molecular weight is 290 g/mol. The molecule has 0 amide bonds. The van der Waals surface area contributed by atoms with E-state index in [1.165, 1.54) is 0 Å². The van der Waals surface area contributed by atoms with Crippen molar-refractivity contribution in [3.05, 3.63) is 29.3 Å². The minimum atomic E-state index is -1.39. The molecule has 106 valence electrons. The van der Waals surface area contributed by atoms with Crippen LogP contribution in [0.5, 0.6) is 0 Å². The van der Waals surface area contributed by atoms with E-state index in [9.17, 15) is 15.3 Å². The third-order valence-corrected chi connectivity index (χ3v) is 3.30. The molecule has 2 rings (SSSR count). The summed E-state index contributed by atoms with van der Waals surface area (Å²) >= 11 is 5.76. The summed E-state index contributed by atoms with van der Waals surface area (Å²) in [6.45, 7) is -0.455. The maximum absolute atomic E-state index is 9.83. The van der Waals surface area contributed by atoms with Gasteiger partial charge in [0.05, 0.1) is 6.61 Å². The first-order valence-corrected chi connectivity index (χ1v) is 6.23. The van der Waals surface area contributed by atoms with Gasteiger partial charge in [-0.3, -0.25) is 0 Å². The van der Waals surface area contributed by atoms with E-state index in [4.69, 9.17) is 21.4 Å². The first-order valence-electron chi connectivity index (χ1n) is 5.85. The topological polar surface area (TPSA) is 102 Å². The zero-order valence-corrected chi connectivity index (χ0v) is 10.7. The van der Waals surface area contributed by atoms with E-state index in [1.807, 2.05) is 0 Å². The second kappa shape index (κ2) is 6.04. The number of nitrogens with one attached hydrogen (secondary N) is 1. The second-order valence-electron chi connectivity index (χ2n) is 4.40. The van der Waals surface area contributed by atoms with Crippen LogP contribution in [0.2, 0.25) is 5.02 Å². The Bertz CT molecular complexity index is 413. The number of hydrogen-bond donors (Lipinski definition) is 5. The molecule has 0 spiro atoms. The highest BCUT2D eigenvalue weighted by molar-refractivity contribution is 6.30. The van der Waals surface area contributed by atoms with Crippen molar-refractivity contribution >= 4 is 17.3 Å². The van der Waals surface area contributed by atoms with Gasteiger partial charge in [0.25, 0.3) is 0 Å². The third-order valence-electron chi connectivity index (χ3n) is 3.05. The lowest BCUT2D eigenvalue weighted by Gasteiger charge is -2.40. The highest BCUT2D eigenvalue weighted by atomic mass is 35.5. The minimum Gasteiger partial charge on any atom is -0.394 e. The quantitative estimate of drug-likeness (QED) is 0.517. The van der Waals surface area contributed by atoms with Crippen molar-refractivity contribution in [3.8, 4) is 0 Å². The Hall–Kier alpha value is -0.890. The van der Waals surface area contributed by atoms with Crippen LogP contribution in [0.4, 0.5) is 5.69 Å². The molecule has 19 heavy (non-hydrogen) atoms. The Kier molecular flexibility index (Phi) is 4.62. The minimum absolute atomic E-state index is 0.455. The van der Waals surface area contributed by atoms with Gasteiger partial charge in [-0.25, -0.2) is 0 Å². The smallest absolute Gasteiger partial charge is 0.157 e. The van der Waals surface area contributed by atoms with Crippen LogP contribution >= 0.6 is 11.6 Å². The number of anilines is 1. The van der Waals surface area contributed by atoms with Crippen molar-refractivity contribution in [2.75, 3.05) is 11.9 Å². The van der Waals surface area contributed by atoms with Gasteiger partial charge in [-0.1, -0.05) is 11.6 Å². The lowest BCUT2D eigenvalue weighted by molar-refractivity contribution is -0.221. The summed E-state index contributed by atoms with van der Waals surface area (Å²) in [5.41, 5.74) is 0.633. The molecule has 0 saturated carbocycles. The molecule has 1 aromatic rings. The van der Waals surface area contributed by atoms with E-state index in [0.717, 1.165) is 0 Å². The second-order valence-corrected chi connectivity index (χ2v) is 4.84. The van der Waals surface area contributed by atoms with Gasteiger partial charge in [-0.05, 0) is 24.3 Å². The molecule has 0 aromatic heterocycles. The van der Waals surface area contributed by atoms with Gasteiger partial charge in [-0.15, -0.1) is 0 Å². The molecule has 1 aliphatic heterocycles. The standard InChI is InChI=1S/C12H16ClNO5/c13-6-1-3-7(4-2-6)14-12-11(18)10(17)9(16)8(5-15)19-12/h1-4,8-12,14-18H,5H2/t8-,9+,10+,11-,12-/m0/s1. The number of hydrogen-bond acceptors (Lipinski definition) is 6. The molecular formula is C12H16ClNO5. The molecule has 0 aliphatic carbocycles. The van der Waals surface area contributed by atoms with Crippen molar-refractivity contribution in [1.29, 1.82) is 0 Å². The van der Waals surface area contributed by atoms with Gasteiger partial charge in [0.1, 0.15) is 24.4 Å². The summed E-state index contributed by atoms with van der Waals surface area (Å²) in [5.74, 6) is 0. The Labute approximate surface area is 115 Å². The Morgan fingerprint density at radius 1 is 1.05 bits per heavy atom. The maximum Gasteiger partial charge on any atom is 0.157 e. The van der Waals surface area contributed by atoms with Crippen LogP contribution in [-0.2, 0) is 4.74 Å². The monoisotopic (exact) mass is 289 g/mol. The van der Waals surface area contributed by atoms with Crippen LogP contribution in [0.15, 0.2) is 24.3 Å². The fourth-order valence-electron chi connectivity index (χ4n) is 1.93. The first-order chi connectivity index (χ1) is 9.02. The van der Waals surface area contributed by atoms with Crippen molar-refractivity contribution in [1.82, 2.24) is 0 Å². The van der Waals surface area contributed by atoms with Gasteiger partial charge >= 0.3 is 0 Å². The van der Waals surface area contributed by atoms with E-state index < -0.39 is 37.3 Å². The molecule has 6 nitrogen and oxygen atoms in total. The van der Waals surface area contributed by atoms with Crippen molar-refractivity contribution in [2.45, 2.75) is 30.6 Å². The van der Waals surface area contributed by atoms with Gasteiger partial charge < -0.3 is 30.5 Å². The van der Waals surface area contributed by atoms with Crippen LogP contribution in [0.3, 0.4) is 0 Å². The van der Waals surface area contributed by atoms with Crippen molar-refractivity contribution in [3.63, 3.8) is 0 Å². The van der Waals surface area contributed by atoms with Crippen molar-refractivity contribution < 1.29 is 25.2 Å². The predicted molar refractivity (Wildman–Crippen MR) is 68.8 cm³/mol. The summed E-state index contributed by atoms with van der Waals surface area (Å²) < 4.78 is 5.31. The van der Waals surface area contributed by atoms with Gasteiger partial charge in [0.15, 0.2) is 6.23 Å². The summed E-state index contributed by atoms with van der Waals surface area (Å²) in [6.07, 6.45) is -5.92. The summed E-state index contributed by atoms with van der Waals surface area (Å²) in [6, 6.07) is 6.69. The molecule has 0 radical (unpaired) electrons. The Balaban J connectivity index is 2.08. The number of aliphatic hydroxyl groups excluding tert-OH is 4. The lowest BCUT2D eigenvalue weighted by atomic mass is 9.98. The summed E-state index contributed by atoms with van der Waals surface area (Å²) in [5, 5.41) is 41.6. The van der Waals surface area contributed by atoms with Crippen LogP contribution < -0.4 is 5.32 Å². The fraction of sp³-hybridized carbons (Fsp3) is 0.500. The summed E-state index contributed by atoms with van der Waals surface area (Å²) in [4.78, 5) is 0. The van der Waals surface area contributed by atoms with E-state index in [1.54, 1.807) is 24.3 Å². The lowest BCUT2D eigenvalue weighted by Crippen LogP contribution is -2.60. The average Bonchev–Trinajstić information content (AvgIpc) is 2.42. The molecule has 1 aromatic carbocycles. The van der Waals surface area contributed by atoms with E-state index >= 15 is 0 Å². The SMILES string of the molecule is OC[C@@H]1O[C@H](Nc2ccc(Cl)cc2)[C@@H](O)[C@H](O)[C@@H]1O. The van der Waals surface area contributed by atoms with Crippen LogP contribution in [0.1, 0.15) is 0 Å². The van der Waals surface area contributed by atoms with Gasteiger partial charge in [-0.2, -0.15) is 0 Å². The zero-order valence-electron chi connectivity index (χ0n) is 9.98. The van der Waals surface area contributed by atoms with E-state index in [2.05, 4.69) is 5.32 Å². The van der Waals surface area contributed by atoms with E-state index in [0.29, 0.717) is 10.7 Å². The molecule has 5 atom stereocenters. The Morgan fingerprint density at radius 2 is 1.68 bits per heavy atom. The molecule has 1 fully saturated rings. The molecular weight excluding hydrogens is 274 g/mol. The molecule has 0 unspecified atom stereocenters. The summed E-state index contributed by atoms with van der Waals surface area (Å²) in [7, 11) is 0. The molecule has 1 heterocycles. The number of benzene rings is 1. The van der Waals surface area contributed by atoms with Crippen molar-refractivity contribution in [2.24, 2.45) is 0 Å². The number of ether oxygens (including phenoxy) is 1.